The molecular formula is C23H22N4O3S. The van der Waals surface area contributed by atoms with Gasteiger partial charge in [0.1, 0.15) is 5.75 Å². The first-order valence-electron chi connectivity index (χ1n) is 9.77. The highest BCUT2D eigenvalue weighted by molar-refractivity contribution is 7.14. The van der Waals surface area contributed by atoms with Crippen LogP contribution in [0.25, 0.3) is 11.3 Å². The summed E-state index contributed by atoms with van der Waals surface area (Å²) in [7, 11) is 0. The fraction of sp³-hybridized carbons (Fsp3) is 0.217. The van der Waals surface area contributed by atoms with Gasteiger partial charge in [-0.1, -0.05) is 23.4 Å². The number of ether oxygens (including phenoxy) is 1. The molecule has 2 aromatic carbocycles. The number of anilines is 1. The van der Waals surface area contributed by atoms with E-state index in [1.165, 1.54) is 22.5 Å². The van der Waals surface area contributed by atoms with Crippen LogP contribution in [0.5, 0.6) is 5.75 Å². The third-order valence-electron chi connectivity index (χ3n) is 4.90. The average molecular weight is 435 g/mol. The third-order valence-corrected chi connectivity index (χ3v) is 5.66. The van der Waals surface area contributed by atoms with Gasteiger partial charge in [-0.15, -0.1) is 11.3 Å². The van der Waals surface area contributed by atoms with Gasteiger partial charge >= 0.3 is 0 Å². The largest absolute Gasteiger partial charge is 0.485 e. The first kappa shape index (κ1) is 20.7. The summed E-state index contributed by atoms with van der Waals surface area (Å²) in [6.45, 7) is 8.06. The Balaban J connectivity index is 1.50. The molecule has 0 aliphatic carbocycles. The van der Waals surface area contributed by atoms with Crippen LogP contribution in [0, 0.1) is 27.7 Å². The zero-order valence-electron chi connectivity index (χ0n) is 17.7. The number of amides is 1. The molecule has 0 bridgehead atoms. The van der Waals surface area contributed by atoms with Crippen molar-refractivity contribution in [2.45, 2.75) is 34.3 Å². The lowest BCUT2D eigenvalue weighted by Crippen LogP contribution is -2.13. The molecule has 0 aliphatic heterocycles. The van der Waals surface area contributed by atoms with Crippen molar-refractivity contribution < 1.29 is 14.1 Å². The summed E-state index contributed by atoms with van der Waals surface area (Å²) in [5.41, 5.74) is 5.93. The second kappa shape index (κ2) is 8.69. The van der Waals surface area contributed by atoms with Gasteiger partial charge < -0.3 is 9.26 Å². The monoisotopic (exact) mass is 434 g/mol. The van der Waals surface area contributed by atoms with Crippen LogP contribution in [0.3, 0.4) is 0 Å². The molecule has 8 heteroatoms. The van der Waals surface area contributed by atoms with E-state index < -0.39 is 0 Å². The minimum atomic E-state index is -0.294. The Bertz CT molecular complexity index is 1250. The number of aryl methyl sites for hydroxylation is 4. The SMILES string of the molecule is Cc1nc(COc2ccccc2C(=O)Nc2nc(-c3cc(C)c(C)cc3C)cs2)no1. The fourth-order valence-electron chi connectivity index (χ4n) is 3.18. The Morgan fingerprint density at radius 3 is 2.61 bits per heavy atom. The lowest BCUT2D eigenvalue weighted by Gasteiger charge is -2.09. The topological polar surface area (TPSA) is 90.1 Å². The summed E-state index contributed by atoms with van der Waals surface area (Å²) < 4.78 is 10.7. The van der Waals surface area contributed by atoms with E-state index in [0.29, 0.717) is 28.2 Å². The number of hydrogen-bond donors (Lipinski definition) is 1. The first-order chi connectivity index (χ1) is 14.9. The van der Waals surface area contributed by atoms with E-state index in [2.05, 4.69) is 53.3 Å². The van der Waals surface area contributed by atoms with Crippen molar-refractivity contribution in [2.75, 3.05) is 5.32 Å². The number of nitrogens with one attached hydrogen (secondary N) is 1. The maximum Gasteiger partial charge on any atom is 0.261 e. The summed E-state index contributed by atoms with van der Waals surface area (Å²) in [6, 6.07) is 11.3. The van der Waals surface area contributed by atoms with Crippen molar-refractivity contribution in [2.24, 2.45) is 0 Å². The molecular weight excluding hydrogens is 412 g/mol. The van der Waals surface area contributed by atoms with E-state index in [4.69, 9.17) is 9.26 Å². The second-order valence-electron chi connectivity index (χ2n) is 7.26. The predicted molar refractivity (Wildman–Crippen MR) is 120 cm³/mol. The molecule has 4 aromatic rings. The van der Waals surface area contributed by atoms with E-state index in [1.54, 1.807) is 31.2 Å². The van der Waals surface area contributed by atoms with E-state index >= 15 is 0 Å². The molecule has 2 aromatic heterocycles. The van der Waals surface area contributed by atoms with Crippen molar-refractivity contribution in [3.05, 3.63) is 75.7 Å². The molecule has 0 saturated carbocycles. The quantitative estimate of drug-likeness (QED) is 0.445. The second-order valence-corrected chi connectivity index (χ2v) is 8.12. The Hall–Kier alpha value is -3.52. The molecule has 1 amide bonds. The van der Waals surface area contributed by atoms with E-state index in [1.807, 2.05) is 5.38 Å². The molecule has 0 radical (unpaired) electrons. The molecule has 0 spiro atoms. The molecule has 2 heterocycles. The van der Waals surface area contributed by atoms with Crippen LogP contribution < -0.4 is 10.1 Å². The molecule has 158 valence electrons. The normalized spacial score (nSPS) is 10.8. The maximum absolute atomic E-state index is 12.9. The molecule has 1 N–H and O–H groups in total. The van der Waals surface area contributed by atoms with Crippen molar-refractivity contribution in [1.29, 1.82) is 0 Å². The number of aromatic nitrogens is 3. The Labute approximate surface area is 184 Å². The van der Waals surface area contributed by atoms with Crippen LogP contribution >= 0.6 is 11.3 Å². The van der Waals surface area contributed by atoms with Gasteiger partial charge in [-0.2, -0.15) is 4.98 Å². The smallest absolute Gasteiger partial charge is 0.261 e. The third kappa shape index (κ3) is 4.64. The molecule has 0 fully saturated rings. The number of thiazole rings is 1. The molecule has 4 rings (SSSR count). The van der Waals surface area contributed by atoms with Crippen molar-refractivity contribution >= 4 is 22.4 Å². The number of para-hydroxylation sites is 1. The van der Waals surface area contributed by atoms with Gasteiger partial charge in [0.05, 0.1) is 11.3 Å². The lowest BCUT2D eigenvalue weighted by atomic mass is 9.99. The van der Waals surface area contributed by atoms with Gasteiger partial charge in [0.2, 0.25) is 11.7 Å². The van der Waals surface area contributed by atoms with Crippen LogP contribution in [0.4, 0.5) is 5.13 Å². The van der Waals surface area contributed by atoms with Crippen LogP contribution in [-0.4, -0.2) is 21.0 Å². The number of benzene rings is 2. The van der Waals surface area contributed by atoms with Crippen LogP contribution in [-0.2, 0) is 6.61 Å². The van der Waals surface area contributed by atoms with E-state index in [9.17, 15) is 4.79 Å². The molecule has 31 heavy (non-hydrogen) atoms. The Kier molecular flexibility index (Phi) is 5.81. The van der Waals surface area contributed by atoms with E-state index in [-0.39, 0.29) is 12.5 Å². The van der Waals surface area contributed by atoms with E-state index in [0.717, 1.165) is 16.8 Å². The van der Waals surface area contributed by atoms with Crippen molar-refractivity contribution in [1.82, 2.24) is 15.1 Å². The number of nitrogens with zero attached hydrogens (tertiary/aromatic N) is 3. The molecule has 0 aliphatic rings. The van der Waals surface area contributed by atoms with Crippen LogP contribution in [0.2, 0.25) is 0 Å². The van der Waals surface area contributed by atoms with Crippen LogP contribution in [0.15, 0.2) is 46.3 Å². The minimum Gasteiger partial charge on any atom is -0.485 e. The zero-order chi connectivity index (χ0) is 22.0. The van der Waals surface area contributed by atoms with Crippen molar-refractivity contribution in [3.8, 4) is 17.0 Å². The average Bonchev–Trinajstić information content (AvgIpc) is 3.38. The zero-order valence-corrected chi connectivity index (χ0v) is 18.5. The fourth-order valence-corrected chi connectivity index (χ4v) is 3.88. The van der Waals surface area contributed by atoms with Gasteiger partial charge in [0.15, 0.2) is 11.7 Å². The maximum atomic E-state index is 12.9. The molecule has 0 saturated heterocycles. The summed E-state index contributed by atoms with van der Waals surface area (Å²) in [4.78, 5) is 21.6. The minimum absolute atomic E-state index is 0.106. The summed E-state index contributed by atoms with van der Waals surface area (Å²) in [6.07, 6.45) is 0. The van der Waals surface area contributed by atoms with Crippen LogP contribution in [0.1, 0.15) is 38.8 Å². The first-order valence-corrected chi connectivity index (χ1v) is 10.6. The summed E-state index contributed by atoms with van der Waals surface area (Å²) in [5, 5.41) is 9.16. The Morgan fingerprint density at radius 2 is 1.84 bits per heavy atom. The molecule has 0 atom stereocenters. The van der Waals surface area contributed by atoms with Gasteiger partial charge in [-0.25, -0.2) is 4.98 Å². The highest BCUT2D eigenvalue weighted by Crippen LogP contribution is 2.30. The van der Waals surface area contributed by atoms with Gasteiger partial charge in [0.25, 0.3) is 5.91 Å². The van der Waals surface area contributed by atoms with Gasteiger partial charge in [-0.3, -0.25) is 10.1 Å². The number of hydrogen-bond acceptors (Lipinski definition) is 7. The summed E-state index contributed by atoms with van der Waals surface area (Å²) in [5.74, 6) is 1.02. The number of carbonyl (C=O) groups excluding carboxylic acids is 1. The summed E-state index contributed by atoms with van der Waals surface area (Å²) >= 11 is 1.39. The molecule has 0 unspecified atom stereocenters. The predicted octanol–water partition coefficient (Wildman–Crippen LogP) is 5.26. The van der Waals surface area contributed by atoms with Gasteiger partial charge in [0, 0.05) is 17.9 Å². The highest BCUT2D eigenvalue weighted by atomic mass is 32.1. The number of carbonyl (C=O) groups is 1. The number of rotatable bonds is 6. The molecule has 7 nitrogen and oxygen atoms in total. The standard InChI is InChI=1S/C23H22N4O3S/c1-13-9-15(3)18(10-14(13)2)19-12-31-23(25-19)26-22(28)17-7-5-6-8-20(17)29-11-21-24-16(4)30-27-21/h5-10,12H,11H2,1-4H3,(H,25,26,28). The highest BCUT2D eigenvalue weighted by Gasteiger charge is 2.16. The van der Waals surface area contributed by atoms with Gasteiger partial charge in [-0.05, 0) is 55.7 Å². The lowest BCUT2D eigenvalue weighted by molar-refractivity contribution is 0.102. The van der Waals surface area contributed by atoms with Crippen molar-refractivity contribution in [3.63, 3.8) is 0 Å². The Morgan fingerprint density at radius 1 is 1.06 bits per heavy atom.